The Morgan fingerprint density at radius 3 is 2.94 bits per heavy atom. The molecule has 1 aliphatic heterocycles. The molecule has 0 bridgehead atoms. The quantitative estimate of drug-likeness (QED) is 0.603. The largest absolute Gasteiger partial charge is 0.363 e. The van der Waals surface area contributed by atoms with Gasteiger partial charge in [0, 0.05) is 19.1 Å². The number of unbranched alkanes of at least 4 members (excludes halogenated alkanes) is 1. The van der Waals surface area contributed by atoms with Gasteiger partial charge < -0.3 is 10.2 Å². The van der Waals surface area contributed by atoms with Gasteiger partial charge in [-0.15, -0.1) is 0 Å². The monoisotopic (exact) mass is 240 g/mol. The van der Waals surface area contributed by atoms with E-state index in [0.29, 0.717) is 0 Å². The van der Waals surface area contributed by atoms with Crippen LogP contribution in [0.2, 0.25) is 0 Å². The van der Waals surface area contributed by atoms with Gasteiger partial charge in [0.15, 0.2) is 5.11 Å². The second kappa shape index (κ2) is 5.85. The zero-order valence-electron chi connectivity index (χ0n) is 10.4. The predicted molar refractivity (Wildman–Crippen MR) is 72.6 cm³/mol. The maximum absolute atomic E-state index is 5.53. The van der Waals surface area contributed by atoms with E-state index in [2.05, 4.69) is 17.1 Å². The molecule has 0 aromatic rings. The van der Waals surface area contributed by atoms with Gasteiger partial charge in [0.1, 0.15) is 0 Å². The molecular formula is C13H24N2S. The van der Waals surface area contributed by atoms with Crippen LogP contribution >= 0.6 is 12.2 Å². The summed E-state index contributed by atoms with van der Waals surface area (Å²) in [6.07, 6.45) is 9.42. The number of rotatable bonds is 3. The summed E-state index contributed by atoms with van der Waals surface area (Å²) in [4.78, 5) is 2.48. The minimum absolute atomic E-state index is 0.760. The first kappa shape index (κ1) is 12.2. The van der Waals surface area contributed by atoms with Crippen molar-refractivity contribution in [1.29, 1.82) is 0 Å². The Morgan fingerprint density at radius 2 is 2.12 bits per heavy atom. The molecule has 0 spiro atoms. The van der Waals surface area contributed by atoms with Crippen molar-refractivity contribution in [3.63, 3.8) is 0 Å². The molecule has 2 unspecified atom stereocenters. The lowest BCUT2D eigenvalue weighted by molar-refractivity contribution is 0.189. The van der Waals surface area contributed by atoms with Gasteiger partial charge >= 0.3 is 0 Å². The molecule has 0 radical (unpaired) electrons. The third-order valence-corrected chi connectivity index (χ3v) is 4.44. The third-order valence-electron chi connectivity index (χ3n) is 4.06. The highest BCUT2D eigenvalue weighted by Gasteiger charge is 2.35. The van der Waals surface area contributed by atoms with Gasteiger partial charge in [-0.05, 0) is 50.2 Å². The molecule has 1 N–H and O–H groups in total. The molecule has 3 heteroatoms. The van der Waals surface area contributed by atoms with E-state index in [1.54, 1.807) is 0 Å². The van der Waals surface area contributed by atoms with Gasteiger partial charge in [-0.2, -0.15) is 0 Å². The molecule has 1 aliphatic carbocycles. The highest BCUT2D eigenvalue weighted by molar-refractivity contribution is 7.80. The van der Waals surface area contributed by atoms with Crippen molar-refractivity contribution in [1.82, 2.24) is 10.2 Å². The van der Waals surface area contributed by atoms with Crippen LogP contribution in [0.25, 0.3) is 0 Å². The molecule has 2 fully saturated rings. The first-order chi connectivity index (χ1) is 7.83. The molecule has 1 saturated heterocycles. The van der Waals surface area contributed by atoms with Crippen molar-refractivity contribution in [2.45, 2.75) is 57.9 Å². The summed E-state index contributed by atoms with van der Waals surface area (Å²) in [5.41, 5.74) is 0. The number of thiocarbonyl (C=S) groups is 1. The van der Waals surface area contributed by atoms with Crippen molar-refractivity contribution in [3.05, 3.63) is 0 Å². The summed E-state index contributed by atoms with van der Waals surface area (Å²) in [6.45, 7) is 4.45. The zero-order valence-corrected chi connectivity index (χ0v) is 11.2. The molecule has 2 atom stereocenters. The molecule has 0 aromatic carbocycles. The number of hydrogen-bond donors (Lipinski definition) is 1. The first-order valence-corrected chi connectivity index (χ1v) is 7.28. The lowest BCUT2D eigenvalue weighted by Crippen LogP contribution is -2.50. The van der Waals surface area contributed by atoms with Crippen LogP contribution in [0.4, 0.5) is 0 Å². The van der Waals surface area contributed by atoms with Gasteiger partial charge in [-0.1, -0.05) is 19.8 Å². The fraction of sp³-hybridized carbons (Fsp3) is 0.923. The zero-order chi connectivity index (χ0) is 11.4. The summed E-state index contributed by atoms with van der Waals surface area (Å²) in [5.74, 6) is 0.930. The lowest BCUT2D eigenvalue weighted by Gasteiger charge is -2.39. The maximum atomic E-state index is 5.53. The maximum Gasteiger partial charge on any atom is 0.169 e. The van der Waals surface area contributed by atoms with Crippen molar-refractivity contribution in [2.24, 2.45) is 5.92 Å². The predicted octanol–water partition coefficient (Wildman–Crippen LogP) is 2.93. The van der Waals surface area contributed by atoms with Crippen LogP contribution in [0.15, 0.2) is 0 Å². The number of fused-ring (bicyclic) bond motifs is 1. The lowest BCUT2D eigenvalue weighted by atomic mass is 9.92. The van der Waals surface area contributed by atoms with Crippen molar-refractivity contribution in [2.75, 3.05) is 13.1 Å². The SMILES string of the molecule is CCCCNC(=S)N1CCCC2CCCC21. The normalized spacial score (nSPS) is 28.9. The molecule has 2 nitrogen and oxygen atoms in total. The number of hydrogen-bond acceptors (Lipinski definition) is 1. The summed E-state index contributed by atoms with van der Waals surface area (Å²) < 4.78 is 0. The van der Waals surface area contributed by atoms with E-state index >= 15 is 0 Å². The molecule has 2 aliphatic rings. The highest BCUT2D eigenvalue weighted by atomic mass is 32.1. The van der Waals surface area contributed by atoms with E-state index in [1.165, 1.54) is 51.5 Å². The molecule has 0 amide bonds. The van der Waals surface area contributed by atoms with Crippen molar-refractivity contribution >= 4 is 17.3 Å². The van der Waals surface area contributed by atoms with E-state index in [1.807, 2.05) is 0 Å². The summed E-state index contributed by atoms with van der Waals surface area (Å²) >= 11 is 5.53. The fourth-order valence-electron chi connectivity index (χ4n) is 3.18. The van der Waals surface area contributed by atoms with Crippen LogP contribution in [0.3, 0.4) is 0 Å². The van der Waals surface area contributed by atoms with Gasteiger partial charge in [0.05, 0.1) is 0 Å². The fourth-order valence-corrected chi connectivity index (χ4v) is 3.51. The Labute approximate surface area is 105 Å². The molecule has 1 saturated carbocycles. The second-order valence-corrected chi connectivity index (χ2v) is 5.57. The first-order valence-electron chi connectivity index (χ1n) is 6.87. The minimum Gasteiger partial charge on any atom is -0.363 e. The van der Waals surface area contributed by atoms with Crippen LogP contribution in [0, 0.1) is 5.92 Å². The van der Waals surface area contributed by atoms with E-state index < -0.39 is 0 Å². The van der Waals surface area contributed by atoms with E-state index in [-0.39, 0.29) is 0 Å². The van der Waals surface area contributed by atoms with Gasteiger partial charge in [-0.25, -0.2) is 0 Å². The van der Waals surface area contributed by atoms with Crippen LogP contribution in [-0.4, -0.2) is 29.1 Å². The number of likely N-dealkylation sites (tertiary alicyclic amines) is 1. The topological polar surface area (TPSA) is 15.3 Å². The smallest absolute Gasteiger partial charge is 0.169 e. The average molecular weight is 240 g/mol. The molecule has 2 rings (SSSR count). The number of nitrogens with zero attached hydrogens (tertiary/aromatic N) is 1. The van der Waals surface area contributed by atoms with E-state index in [0.717, 1.165) is 23.6 Å². The second-order valence-electron chi connectivity index (χ2n) is 5.18. The van der Waals surface area contributed by atoms with Crippen LogP contribution < -0.4 is 5.32 Å². The Bertz CT molecular complexity index is 242. The third kappa shape index (κ3) is 2.68. The number of piperidine rings is 1. The van der Waals surface area contributed by atoms with Crippen molar-refractivity contribution in [3.8, 4) is 0 Å². The highest BCUT2D eigenvalue weighted by Crippen LogP contribution is 2.36. The van der Waals surface area contributed by atoms with Crippen LogP contribution in [0.5, 0.6) is 0 Å². The number of nitrogens with one attached hydrogen (secondary N) is 1. The molecule has 1 heterocycles. The Morgan fingerprint density at radius 1 is 1.31 bits per heavy atom. The Kier molecular flexibility index (Phi) is 4.45. The molecule has 92 valence electrons. The average Bonchev–Trinajstić information content (AvgIpc) is 2.76. The molecular weight excluding hydrogens is 216 g/mol. The Balaban J connectivity index is 1.84. The standard InChI is InChI=1S/C13H24N2S/c1-2-3-9-14-13(16)15-10-5-7-11-6-4-8-12(11)15/h11-12H,2-10H2,1H3,(H,14,16). The van der Waals surface area contributed by atoms with Gasteiger partial charge in [-0.3, -0.25) is 0 Å². The van der Waals surface area contributed by atoms with Crippen LogP contribution in [0.1, 0.15) is 51.9 Å². The molecule has 0 aromatic heterocycles. The summed E-state index contributed by atoms with van der Waals surface area (Å²) in [6, 6.07) is 0.760. The van der Waals surface area contributed by atoms with E-state index in [9.17, 15) is 0 Å². The van der Waals surface area contributed by atoms with Crippen molar-refractivity contribution < 1.29 is 0 Å². The minimum atomic E-state index is 0.760. The van der Waals surface area contributed by atoms with E-state index in [4.69, 9.17) is 12.2 Å². The molecule has 16 heavy (non-hydrogen) atoms. The summed E-state index contributed by atoms with van der Waals surface area (Å²) in [5, 5.41) is 4.44. The van der Waals surface area contributed by atoms with Gasteiger partial charge in [0.25, 0.3) is 0 Å². The summed E-state index contributed by atoms with van der Waals surface area (Å²) in [7, 11) is 0. The Hall–Kier alpha value is -0.310. The van der Waals surface area contributed by atoms with Gasteiger partial charge in [0.2, 0.25) is 0 Å². The van der Waals surface area contributed by atoms with Crippen LogP contribution in [-0.2, 0) is 0 Å².